The molecule has 0 aromatic heterocycles. The molecule has 3 N–H and O–H groups in total. The summed E-state index contributed by atoms with van der Waals surface area (Å²) in [6.45, 7) is 5.92. The van der Waals surface area contributed by atoms with Gasteiger partial charge in [0.2, 0.25) is 5.91 Å². The third-order valence-electron chi connectivity index (χ3n) is 4.60. The smallest absolute Gasteiger partial charge is 0.220 e. The number of hydrogen-bond acceptors (Lipinski definition) is 2. The van der Waals surface area contributed by atoms with Gasteiger partial charge >= 0.3 is 0 Å². The monoisotopic (exact) mass is 266 g/mol. The lowest BCUT2D eigenvalue weighted by Crippen LogP contribution is -2.33. The third kappa shape index (κ3) is 5.13. The number of nitrogens with two attached hydrogens (primary N) is 1. The predicted molar refractivity (Wildman–Crippen MR) is 78.6 cm³/mol. The maximum absolute atomic E-state index is 12.0. The predicted octanol–water partition coefficient (Wildman–Crippen LogP) is 2.55. The molecule has 2 aliphatic carbocycles. The van der Waals surface area contributed by atoms with Crippen LogP contribution in [0, 0.1) is 29.6 Å². The first-order valence-electron chi connectivity index (χ1n) is 8.07. The third-order valence-corrected chi connectivity index (χ3v) is 4.60. The van der Waals surface area contributed by atoms with Crippen molar-refractivity contribution in [3.05, 3.63) is 0 Å². The molecule has 0 spiro atoms. The molecule has 110 valence electrons. The molecule has 1 amide bonds. The lowest BCUT2D eigenvalue weighted by atomic mass is 9.93. The molecule has 0 radical (unpaired) electrons. The SMILES string of the molecule is CC(C)CC(CN)CC(=O)NCC(C1CC1)C1CC1. The Bertz CT molecular complexity index is 283. The highest BCUT2D eigenvalue weighted by Gasteiger charge is 2.41. The van der Waals surface area contributed by atoms with E-state index in [1.165, 1.54) is 25.7 Å². The van der Waals surface area contributed by atoms with Crippen molar-refractivity contribution in [2.75, 3.05) is 13.1 Å². The summed E-state index contributed by atoms with van der Waals surface area (Å²) in [7, 11) is 0. The molecular weight excluding hydrogens is 236 g/mol. The van der Waals surface area contributed by atoms with Gasteiger partial charge < -0.3 is 11.1 Å². The fourth-order valence-corrected chi connectivity index (χ4v) is 3.26. The molecule has 1 atom stereocenters. The van der Waals surface area contributed by atoms with Gasteiger partial charge in [0.25, 0.3) is 0 Å². The first-order valence-corrected chi connectivity index (χ1v) is 8.07. The van der Waals surface area contributed by atoms with Gasteiger partial charge in [0.15, 0.2) is 0 Å². The first-order chi connectivity index (χ1) is 9.10. The maximum Gasteiger partial charge on any atom is 0.220 e. The summed E-state index contributed by atoms with van der Waals surface area (Å²) >= 11 is 0. The molecule has 0 heterocycles. The molecule has 3 nitrogen and oxygen atoms in total. The van der Waals surface area contributed by atoms with Gasteiger partial charge in [-0.15, -0.1) is 0 Å². The lowest BCUT2D eigenvalue weighted by molar-refractivity contribution is -0.122. The highest BCUT2D eigenvalue weighted by molar-refractivity contribution is 5.76. The van der Waals surface area contributed by atoms with E-state index in [0.717, 1.165) is 30.7 Å². The van der Waals surface area contributed by atoms with Crippen molar-refractivity contribution in [1.82, 2.24) is 5.32 Å². The van der Waals surface area contributed by atoms with Crippen LogP contribution >= 0.6 is 0 Å². The van der Waals surface area contributed by atoms with Crippen molar-refractivity contribution in [2.24, 2.45) is 35.3 Å². The summed E-state index contributed by atoms with van der Waals surface area (Å²) < 4.78 is 0. The minimum absolute atomic E-state index is 0.211. The molecule has 0 bridgehead atoms. The van der Waals surface area contributed by atoms with Crippen LogP contribution in [0.3, 0.4) is 0 Å². The zero-order valence-corrected chi connectivity index (χ0v) is 12.5. The van der Waals surface area contributed by atoms with Gasteiger partial charge in [-0.1, -0.05) is 13.8 Å². The largest absolute Gasteiger partial charge is 0.356 e. The summed E-state index contributed by atoms with van der Waals surface area (Å²) in [5, 5.41) is 3.17. The zero-order valence-electron chi connectivity index (χ0n) is 12.5. The van der Waals surface area contributed by atoms with Crippen molar-refractivity contribution in [3.63, 3.8) is 0 Å². The standard InChI is InChI=1S/C16H30N2O/c1-11(2)7-12(9-17)8-16(19)18-10-15(13-3-4-13)14-5-6-14/h11-15H,3-10,17H2,1-2H3,(H,18,19). The molecule has 0 aromatic rings. The highest BCUT2D eigenvalue weighted by atomic mass is 16.1. The first kappa shape index (κ1) is 14.8. The fourth-order valence-electron chi connectivity index (χ4n) is 3.26. The van der Waals surface area contributed by atoms with E-state index in [4.69, 9.17) is 5.73 Å². The van der Waals surface area contributed by atoms with Gasteiger partial charge in [-0.3, -0.25) is 4.79 Å². The van der Waals surface area contributed by atoms with Crippen LogP contribution in [0.4, 0.5) is 0 Å². The Labute approximate surface area is 117 Å². The Morgan fingerprint density at radius 3 is 2.21 bits per heavy atom. The normalized spacial score (nSPS) is 20.9. The summed E-state index contributed by atoms with van der Waals surface area (Å²) in [6.07, 6.45) is 7.20. The van der Waals surface area contributed by atoms with Crippen molar-refractivity contribution in [3.8, 4) is 0 Å². The van der Waals surface area contributed by atoms with Crippen LogP contribution in [0.2, 0.25) is 0 Å². The summed E-state index contributed by atoms with van der Waals surface area (Å²) in [4.78, 5) is 12.0. The zero-order chi connectivity index (χ0) is 13.8. The van der Waals surface area contributed by atoms with Crippen molar-refractivity contribution in [1.29, 1.82) is 0 Å². The van der Waals surface area contributed by atoms with E-state index in [-0.39, 0.29) is 5.91 Å². The van der Waals surface area contributed by atoms with Crippen LogP contribution in [0.5, 0.6) is 0 Å². The molecule has 0 aromatic carbocycles. The Morgan fingerprint density at radius 2 is 1.79 bits per heavy atom. The Balaban J connectivity index is 1.67. The average Bonchev–Trinajstić information content (AvgIpc) is 3.20. The van der Waals surface area contributed by atoms with E-state index in [9.17, 15) is 4.79 Å². The molecule has 2 rings (SSSR count). The topological polar surface area (TPSA) is 55.1 Å². The van der Waals surface area contributed by atoms with Crippen molar-refractivity contribution < 1.29 is 4.79 Å². The van der Waals surface area contributed by atoms with E-state index in [1.54, 1.807) is 0 Å². The Hall–Kier alpha value is -0.570. The van der Waals surface area contributed by atoms with Gasteiger partial charge in [-0.25, -0.2) is 0 Å². The van der Waals surface area contributed by atoms with Crippen molar-refractivity contribution in [2.45, 2.75) is 52.4 Å². The van der Waals surface area contributed by atoms with Crippen LogP contribution in [0.1, 0.15) is 52.4 Å². The molecule has 1 unspecified atom stereocenters. The lowest BCUT2D eigenvalue weighted by Gasteiger charge is -2.19. The van der Waals surface area contributed by atoms with Gasteiger partial charge in [0.05, 0.1) is 0 Å². The average molecular weight is 266 g/mol. The number of carbonyl (C=O) groups is 1. The fraction of sp³-hybridized carbons (Fsp3) is 0.938. The molecule has 0 saturated heterocycles. The minimum Gasteiger partial charge on any atom is -0.356 e. The number of carbonyl (C=O) groups excluding carboxylic acids is 1. The number of nitrogens with one attached hydrogen (secondary N) is 1. The van der Waals surface area contributed by atoms with Crippen LogP contribution in [0.25, 0.3) is 0 Å². The van der Waals surface area contributed by atoms with Crippen LogP contribution in [-0.2, 0) is 4.79 Å². The van der Waals surface area contributed by atoms with Gasteiger partial charge in [-0.05, 0) is 68.2 Å². The Kier molecular flexibility index (Phi) is 5.26. The van der Waals surface area contributed by atoms with E-state index >= 15 is 0 Å². The van der Waals surface area contributed by atoms with E-state index in [0.29, 0.717) is 24.8 Å². The minimum atomic E-state index is 0.211. The second-order valence-electron chi connectivity index (χ2n) is 7.08. The van der Waals surface area contributed by atoms with Gasteiger partial charge in [0, 0.05) is 13.0 Å². The second kappa shape index (κ2) is 6.74. The molecule has 2 fully saturated rings. The summed E-state index contributed by atoms with van der Waals surface area (Å²) in [5.74, 6) is 3.77. The molecule has 3 heteroatoms. The molecule has 2 saturated carbocycles. The number of hydrogen-bond donors (Lipinski definition) is 2. The van der Waals surface area contributed by atoms with E-state index in [2.05, 4.69) is 19.2 Å². The van der Waals surface area contributed by atoms with Gasteiger partial charge in [0.1, 0.15) is 0 Å². The molecular formula is C16H30N2O. The quantitative estimate of drug-likeness (QED) is 0.674. The second-order valence-corrected chi connectivity index (χ2v) is 7.08. The Morgan fingerprint density at radius 1 is 1.21 bits per heavy atom. The van der Waals surface area contributed by atoms with Crippen LogP contribution in [0.15, 0.2) is 0 Å². The van der Waals surface area contributed by atoms with E-state index < -0.39 is 0 Å². The maximum atomic E-state index is 12.0. The molecule has 19 heavy (non-hydrogen) atoms. The molecule has 2 aliphatic rings. The molecule has 0 aliphatic heterocycles. The van der Waals surface area contributed by atoms with Crippen LogP contribution < -0.4 is 11.1 Å². The summed E-state index contributed by atoms with van der Waals surface area (Å²) in [6, 6.07) is 0. The highest BCUT2D eigenvalue weighted by Crippen LogP contribution is 2.48. The number of amides is 1. The van der Waals surface area contributed by atoms with Crippen LogP contribution in [-0.4, -0.2) is 19.0 Å². The summed E-state index contributed by atoms with van der Waals surface area (Å²) in [5.41, 5.74) is 5.76. The van der Waals surface area contributed by atoms with Gasteiger partial charge in [-0.2, -0.15) is 0 Å². The van der Waals surface area contributed by atoms with E-state index in [1.807, 2.05) is 0 Å². The van der Waals surface area contributed by atoms with Crippen molar-refractivity contribution >= 4 is 5.91 Å². The number of rotatable bonds is 9.